The number of hydrogen-bond donors (Lipinski definition) is 0. The van der Waals surface area contributed by atoms with Gasteiger partial charge in [0, 0.05) is 42.6 Å². The fourth-order valence-electron chi connectivity index (χ4n) is 3.08. The molecule has 0 aromatic heterocycles. The van der Waals surface area contributed by atoms with E-state index in [2.05, 4.69) is 48.1 Å². The molecule has 0 bridgehead atoms. The number of aliphatic imine (C=N–C) groups is 1. The number of hydrogen-bond acceptors (Lipinski definition) is 4. The molecule has 0 radical (unpaired) electrons. The second-order valence-corrected chi connectivity index (χ2v) is 8.23. The van der Waals surface area contributed by atoms with Gasteiger partial charge in [0.1, 0.15) is 0 Å². The van der Waals surface area contributed by atoms with Crippen LogP contribution in [0, 0.1) is 0 Å². The Morgan fingerprint density at radius 1 is 1.00 bits per heavy atom. The first-order chi connectivity index (χ1) is 16.1. The van der Waals surface area contributed by atoms with Crippen molar-refractivity contribution in [2.75, 3.05) is 39.3 Å². The highest BCUT2D eigenvalue weighted by Crippen LogP contribution is 2.33. The molecule has 1 saturated heterocycles. The standard InChI is InChI=1S/C22H32ClN3S.3C2H6/c1-5-10-25-11-13-26(14-12-25)17-21(18(4)7-3)24-20-16-19(23)8-9-22(20)27-15-6-2;3*1-2/h6-9,15-16H,5,10-14,17H2,1-4H3;3*1-2H3/b15-6+,18-7+,24-21?;;;. The Bertz CT molecular complexity index is 690. The largest absolute Gasteiger partial charge is 0.301 e. The van der Waals surface area contributed by atoms with Gasteiger partial charge in [-0.1, -0.05) is 84.0 Å². The Labute approximate surface area is 215 Å². The lowest BCUT2D eigenvalue weighted by molar-refractivity contribution is 0.146. The van der Waals surface area contributed by atoms with Gasteiger partial charge in [0.25, 0.3) is 0 Å². The Morgan fingerprint density at radius 3 is 2.09 bits per heavy atom. The van der Waals surface area contributed by atoms with E-state index in [4.69, 9.17) is 16.6 Å². The molecule has 0 unspecified atom stereocenters. The average molecular weight is 496 g/mol. The summed E-state index contributed by atoms with van der Waals surface area (Å²) < 4.78 is 0. The summed E-state index contributed by atoms with van der Waals surface area (Å²) in [6.07, 6.45) is 5.42. The maximum absolute atomic E-state index is 6.26. The molecule has 5 heteroatoms. The molecule has 1 aliphatic heterocycles. The van der Waals surface area contributed by atoms with Gasteiger partial charge in [-0.05, 0) is 62.9 Å². The lowest BCUT2D eigenvalue weighted by atomic mass is 10.1. The van der Waals surface area contributed by atoms with Crippen molar-refractivity contribution < 1.29 is 0 Å². The molecular weight excluding hydrogens is 446 g/mol. The summed E-state index contributed by atoms with van der Waals surface area (Å²) >= 11 is 7.94. The first kappa shape index (κ1) is 34.1. The molecule has 1 heterocycles. The van der Waals surface area contributed by atoms with Crippen LogP contribution >= 0.6 is 23.4 Å². The van der Waals surface area contributed by atoms with Crippen molar-refractivity contribution in [3.05, 3.63) is 46.4 Å². The van der Waals surface area contributed by atoms with Gasteiger partial charge in [0.05, 0.1) is 11.4 Å². The molecule has 3 nitrogen and oxygen atoms in total. The molecule has 0 atom stereocenters. The molecule has 1 fully saturated rings. The number of thioether (sulfide) groups is 1. The molecule has 2 rings (SSSR count). The van der Waals surface area contributed by atoms with E-state index >= 15 is 0 Å². The van der Waals surface area contributed by atoms with Gasteiger partial charge >= 0.3 is 0 Å². The second kappa shape index (κ2) is 22.7. The summed E-state index contributed by atoms with van der Waals surface area (Å²) in [4.78, 5) is 11.2. The Balaban J connectivity index is 0. The van der Waals surface area contributed by atoms with Gasteiger partial charge in [-0.2, -0.15) is 0 Å². The van der Waals surface area contributed by atoms with E-state index in [1.54, 1.807) is 11.8 Å². The smallest absolute Gasteiger partial charge is 0.0787 e. The SMILES string of the molecule is C/C=C/Sc1ccc(Cl)cc1N=C(CN1CCN(CCC)CC1)/C(C)=C/C.CC.CC.CC. The van der Waals surface area contributed by atoms with Crippen molar-refractivity contribution in [2.45, 2.75) is 80.6 Å². The molecule has 0 saturated carbocycles. The van der Waals surface area contributed by atoms with E-state index in [0.717, 1.165) is 54.0 Å². The van der Waals surface area contributed by atoms with Crippen molar-refractivity contribution in [3.8, 4) is 0 Å². The van der Waals surface area contributed by atoms with Gasteiger partial charge in [-0.25, -0.2) is 0 Å². The monoisotopic (exact) mass is 495 g/mol. The minimum atomic E-state index is 0.726. The maximum Gasteiger partial charge on any atom is 0.0787 e. The lowest BCUT2D eigenvalue weighted by Crippen LogP contribution is -2.48. The van der Waals surface area contributed by atoms with Crippen LogP contribution in [0.5, 0.6) is 0 Å². The predicted octanol–water partition coefficient (Wildman–Crippen LogP) is 9.11. The number of halogens is 1. The zero-order valence-corrected chi connectivity index (χ0v) is 24.6. The number of nitrogens with zero attached hydrogens (tertiary/aromatic N) is 3. The number of rotatable bonds is 8. The van der Waals surface area contributed by atoms with E-state index < -0.39 is 0 Å². The quantitative estimate of drug-likeness (QED) is 0.264. The third kappa shape index (κ3) is 14.0. The first-order valence-corrected chi connectivity index (χ1v) is 14.1. The molecular formula is C28H50ClN3S. The van der Waals surface area contributed by atoms with Crippen LogP contribution in [0.15, 0.2) is 51.2 Å². The average Bonchev–Trinajstić information content (AvgIpc) is 2.87. The van der Waals surface area contributed by atoms with Crippen molar-refractivity contribution in [2.24, 2.45) is 4.99 Å². The molecule has 33 heavy (non-hydrogen) atoms. The molecule has 1 aromatic carbocycles. The second-order valence-electron chi connectivity index (χ2n) is 6.85. The summed E-state index contributed by atoms with van der Waals surface area (Å²) in [5.74, 6) is 0. The Hall–Kier alpha value is -1.07. The number of allylic oxidation sites excluding steroid dienone is 2. The maximum atomic E-state index is 6.26. The van der Waals surface area contributed by atoms with Crippen LogP contribution in [0.1, 0.15) is 75.7 Å². The zero-order chi connectivity index (χ0) is 25.6. The van der Waals surface area contributed by atoms with Crippen LogP contribution in [0.4, 0.5) is 5.69 Å². The lowest BCUT2D eigenvalue weighted by Gasteiger charge is -2.34. The topological polar surface area (TPSA) is 18.8 Å². The fourth-order valence-corrected chi connectivity index (χ4v) is 3.90. The summed E-state index contributed by atoms with van der Waals surface area (Å²) in [7, 11) is 0. The Morgan fingerprint density at radius 2 is 1.58 bits per heavy atom. The Kier molecular flexibility index (Phi) is 23.5. The van der Waals surface area contributed by atoms with Crippen molar-refractivity contribution in [1.82, 2.24) is 9.80 Å². The third-order valence-electron chi connectivity index (χ3n) is 4.77. The summed E-state index contributed by atoms with van der Waals surface area (Å²) in [5, 5.41) is 2.81. The van der Waals surface area contributed by atoms with E-state index in [1.165, 1.54) is 18.5 Å². The number of benzene rings is 1. The van der Waals surface area contributed by atoms with Crippen molar-refractivity contribution in [1.29, 1.82) is 0 Å². The molecule has 0 aliphatic carbocycles. The van der Waals surface area contributed by atoms with Crippen LogP contribution in [0.2, 0.25) is 5.02 Å². The fraction of sp³-hybridized carbons (Fsp3) is 0.607. The van der Waals surface area contributed by atoms with Crippen LogP contribution in [-0.4, -0.2) is 54.8 Å². The highest BCUT2D eigenvalue weighted by Gasteiger charge is 2.18. The predicted molar refractivity (Wildman–Crippen MR) is 156 cm³/mol. The third-order valence-corrected chi connectivity index (χ3v) is 6.02. The van der Waals surface area contributed by atoms with Gasteiger partial charge < -0.3 is 4.90 Å². The van der Waals surface area contributed by atoms with E-state index in [0.29, 0.717) is 0 Å². The molecule has 0 spiro atoms. The molecule has 1 aliphatic rings. The molecule has 190 valence electrons. The van der Waals surface area contributed by atoms with E-state index in [-0.39, 0.29) is 0 Å². The van der Waals surface area contributed by atoms with Gasteiger partial charge in [0.2, 0.25) is 0 Å². The minimum absolute atomic E-state index is 0.726. The summed E-state index contributed by atoms with van der Waals surface area (Å²) in [6, 6.07) is 5.95. The summed E-state index contributed by atoms with van der Waals surface area (Å²) in [6.45, 7) is 27.1. The van der Waals surface area contributed by atoms with Gasteiger partial charge in [-0.15, -0.1) is 0 Å². The van der Waals surface area contributed by atoms with Crippen LogP contribution in [-0.2, 0) is 0 Å². The highest BCUT2D eigenvalue weighted by atomic mass is 35.5. The van der Waals surface area contributed by atoms with Crippen molar-refractivity contribution in [3.63, 3.8) is 0 Å². The zero-order valence-electron chi connectivity index (χ0n) is 23.0. The minimum Gasteiger partial charge on any atom is -0.301 e. The van der Waals surface area contributed by atoms with Crippen LogP contribution in [0.25, 0.3) is 0 Å². The molecule has 0 amide bonds. The van der Waals surface area contributed by atoms with E-state index in [9.17, 15) is 0 Å². The molecule has 1 aromatic rings. The van der Waals surface area contributed by atoms with Crippen LogP contribution < -0.4 is 0 Å². The van der Waals surface area contributed by atoms with Crippen molar-refractivity contribution >= 4 is 34.8 Å². The highest BCUT2D eigenvalue weighted by molar-refractivity contribution is 8.02. The number of piperazine rings is 1. The normalized spacial score (nSPS) is 15.1. The first-order valence-electron chi connectivity index (χ1n) is 12.8. The van der Waals surface area contributed by atoms with Gasteiger partial charge in [0.15, 0.2) is 0 Å². The van der Waals surface area contributed by atoms with Crippen LogP contribution in [0.3, 0.4) is 0 Å². The molecule has 0 N–H and O–H groups in total. The van der Waals surface area contributed by atoms with Gasteiger partial charge in [-0.3, -0.25) is 9.89 Å². The summed E-state index contributed by atoms with van der Waals surface area (Å²) in [5.41, 5.74) is 3.31. The van der Waals surface area contributed by atoms with E-state index in [1.807, 2.05) is 66.7 Å².